The highest BCUT2D eigenvalue weighted by atomic mass is 19.4. The van der Waals surface area contributed by atoms with Gasteiger partial charge in [0.1, 0.15) is 5.82 Å². The minimum atomic E-state index is -4.78. The maximum Gasteiger partial charge on any atom is 0.421 e. The van der Waals surface area contributed by atoms with Gasteiger partial charge in [-0.1, -0.05) is 6.07 Å². The van der Waals surface area contributed by atoms with Gasteiger partial charge in [0.15, 0.2) is 5.60 Å². The number of rotatable bonds is 1. The van der Waals surface area contributed by atoms with E-state index in [2.05, 4.69) is 0 Å². The van der Waals surface area contributed by atoms with Gasteiger partial charge in [-0.05, 0) is 37.1 Å². The van der Waals surface area contributed by atoms with Crippen molar-refractivity contribution in [3.63, 3.8) is 0 Å². The van der Waals surface area contributed by atoms with E-state index in [0.29, 0.717) is 6.92 Å². The zero-order valence-electron chi connectivity index (χ0n) is 8.19. The Hall–Kier alpha value is -1.10. The highest BCUT2D eigenvalue weighted by Crippen LogP contribution is 2.39. The Labute approximate surface area is 84.3 Å². The first-order chi connectivity index (χ1) is 6.66. The third-order valence-electron chi connectivity index (χ3n) is 2.26. The van der Waals surface area contributed by atoms with Crippen LogP contribution < -0.4 is 0 Å². The van der Waals surface area contributed by atoms with E-state index in [9.17, 15) is 22.7 Å². The molecule has 0 fully saturated rings. The molecule has 15 heavy (non-hydrogen) atoms. The number of benzene rings is 1. The van der Waals surface area contributed by atoms with E-state index in [0.717, 1.165) is 18.2 Å². The molecule has 1 unspecified atom stereocenters. The van der Waals surface area contributed by atoms with Crippen molar-refractivity contribution < 1.29 is 22.7 Å². The van der Waals surface area contributed by atoms with Crippen LogP contribution in [-0.2, 0) is 5.60 Å². The molecular formula is C10H10F4O. The van der Waals surface area contributed by atoms with E-state index >= 15 is 0 Å². The SMILES string of the molecule is Cc1cc(F)ccc1C(C)(O)C(F)(F)F. The molecule has 5 heteroatoms. The van der Waals surface area contributed by atoms with Gasteiger partial charge in [-0.3, -0.25) is 0 Å². The Kier molecular flexibility index (Phi) is 2.78. The van der Waals surface area contributed by atoms with Gasteiger partial charge in [-0.25, -0.2) is 4.39 Å². The van der Waals surface area contributed by atoms with Crippen LogP contribution in [0.5, 0.6) is 0 Å². The molecule has 0 radical (unpaired) electrons. The molecule has 0 aromatic heterocycles. The van der Waals surface area contributed by atoms with E-state index in [1.807, 2.05) is 0 Å². The highest BCUT2D eigenvalue weighted by molar-refractivity contribution is 5.32. The van der Waals surface area contributed by atoms with Crippen LogP contribution in [0.25, 0.3) is 0 Å². The molecule has 0 aliphatic carbocycles. The first-order valence-electron chi connectivity index (χ1n) is 4.22. The average Bonchev–Trinajstić information content (AvgIpc) is 2.00. The second-order valence-electron chi connectivity index (χ2n) is 3.53. The predicted molar refractivity (Wildman–Crippen MR) is 46.8 cm³/mol. The molecule has 1 N–H and O–H groups in total. The second kappa shape index (κ2) is 3.48. The van der Waals surface area contributed by atoms with Crippen molar-refractivity contribution in [2.75, 3.05) is 0 Å². The number of alkyl halides is 3. The monoisotopic (exact) mass is 222 g/mol. The minimum Gasteiger partial charge on any atom is -0.376 e. The Morgan fingerprint density at radius 1 is 1.20 bits per heavy atom. The van der Waals surface area contributed by atoms with Crippen LogP contribution in [0, 0.1) is 12.7 Å². The molecule has 84 valence electrons. The summed E-state index contributed by atoms with van der Waals surface area (Å²) in [7, 11) is 0. The van der Waals surface area contributed by atoms with Crippen molar-refractivity contribution in [2.45, 2.75) is 25.6 Å². The van der Waals surface area contributed by atoms with Crippen LogP contribution in [0.1, 0.15) is 18.1 Å². The van der Waals surface area contributed by atoms with Gasteiger partial charge in [0.2, 0.25) is 0 Å². The number of aliphatic hydroxyl groups is 1. The molecule has 0 heterocycles. The normalized spacial score (nSPS) is 16.2. The molecule has 0 bridgehead atoms. The zero-order valence-corrected chi connectivity index (χ0v) is 8.19. The summed E-state index contributed by atoms with van der Waals surface area (Å²) in [5, 5.41) is 9.35. The highest BCUT2D eigenvalue weighted by Gasteiger charge is 2.51. The molecular weight excluding hydrogens is 212 g/mol. The fraction of sp³-hybridized carbons (Fsp3) is 0.400. The van der Waals surface area contributed by atoms with Crippen LogP contribution in [0.3, 0.4) is 0 Å². The van der Waals surface area contributed by atoms with Crippen molar-refractivity contribution in [1.82, 2.24) is 0 Å². The van der Waals surface area contributed by atoms with Crippen LogP contribution in [0.15, 0.2) is 18.2 Å². The minimum absolute atomic E-state index is 0.0670. The number of halogens is 4. The summed E-state index contributed by atoms with van der Waals surface area (Å²) in [4.78, 5) is 0. The molecule has 0 aliphatic rings. The lowest BCUT2D eigenvalue weighted by molar-refractivity contribution is -0.259. The van der Waals surface area contributed by atoms with E-state index in [4.69, 9.17) is 0 Å². The zero-order chi connectivity index (χ0) is 11.9. The van der Waals surface area contributed by atoms with Crippen molar-refractivity contribution in [2.24, 2.45) is 0 Å². The molecule has 0 spiro atoms. The van der Waals surface area contributed by atoms with Gasteiger partial charge in [0.25, 0.3) is 0 Å². The van der Waals surface area contributed by atoms with Crippen molar-refractivity contribution >= 4 is 0 Å². The number of aryl methyl sites for hydroxylation is 1. The summed E-state index contributed by atoms with van der Waals surface area (Å²) >= 11 is 0. The molecule has 0 saturated heterocycles. The molecule has 1 atom stereocenters. The van der Waals surface area contributed by atoms with Gasteiger partial charge in [0.05, 0.1) is 0 Å². The van der Waals surface area contributed by atoms with E-state index in [1.54, 1.807) is 0 Å². The van der Waals surface area contributed by atoms with Crippen molar-refractivity contribution in [3.8, 4) is 0 Å². The summed E-state index contributed by atoms with van der Waals surface area (Å²) in [5.74, 6) is -0.630. The van der Waals surface area contributed by atoms with E-state index < -0.39 is 17.6 Å². The number of hydrogen-bond acceptors (Lipinski definition) is 1. The van der Waals surface area contributed by atoms with Gasteiger partial charge in [-0.15, -0.1) is 0 Å². The molecule has 1 aromatic carbocycles. The molecule has 1 rings (SSSR count). The lowest BCUT2D eigenvalue weighted by Crippen LogP contribution is -2.39. The van der Waals surface area contributed by atoms with Crippen LogP contribution in [0.2, 0.25) is 0 Å². The first-order valence-corrected chi connectivity index (χ1v) is 4.22. The van der Waals surface area contributed by atoms with Crippen molar-refractivity contribution in [3.05, 3.63) is 35.1 Å². The molecule has 0 amide bonds. The smallest absolute Gasteiger partial charge is 0.376 e. The first kappa shape index (κ1) is 12.0. The van der Waals surface area contributed by atoms with Crippen LogP contribution in [0.4, 0.5) is 17.6 Å². The fourth-order valence-electron chi connectivity index (χ4n) is 1.33. The summed E-state index contributed by atoms with van der Waals surface area (Å²) in [6, 6.07) is 2.79. The summed E-state index contributed by atoms with van der Waals surface area (Å²) in [6.45, 7) is 1.96. The Balaban J connectivity index is 3.28. The topological polar surface area (TPSA) is 20.2 Å². The van der Waals surface area contributed by atoms with Gasteiger partial charge in [-0.2, -0.15) is 13.2 Å². The van der Waals surface area contributed by atoms with E-state index in [-0.39, 0.29) is 11.1 Å². The van der Waals surface area contributed by atoms with Crippen molar-refractivity contribution in [1.29, 1.82) is 0 Å². The average molecular weight is 222 g/mol. The summed E-state index contributed by atoms with van der Waals surface area (Å²) in [5.41, 5.74) is -3.22. The third-order valence-corrected chi connectivity index (χ3v) is 2.26. The van der Waals surface area contributed by atoms with Crippen LogP contribution >= 0.6 is 0 Å². The second-order valence-corrected chi connectivity index (χ2v) is 3.53. The molecule has 1 nitrogen and oxygen atoms in total. The van der Waals surface area contributed by atoms with Gasteiger partial charge in [0, 0.05) is 0 Å². The maximum atomic E-state index is 12.7. The summed E-state index contributed by atoms with van der Waals surface area (Å²) in [6.07, 6.45) is -4.78. The standard InChI is InChI=1S/C10H10F4O/c1-6-5-7(11)3-4-8(6)9(2,15)10(12,13)14/h3-5,15H,1-2H3. The molecule has 1 aromatic rings. The van der Waals surface area contributed by atoms with E-state index in [1.165, 1.54) is 6.92 Å². The maximum absolute atomic E-state index is 12.7. The third kappa shape index (κ3) is 2.12. The lowest BCUT2D eigenvalue weighted by Gasteiger charge is -2.28. The fourth-order valence-corrected chi connectivity index (χ4v) is 1.33. The lowest BCUT2D eigenvalue weighted by atomic mass is 9.91. The molecule has 0 saturated carbocycles. The number of hydrogen-bond donors (Lipinski definition) is 1. The predicted octanol–water partition coefficient (Wildman–Crippen LogP) is 2.90. The largest absolute Gasteiger partial charge is 0.421 e. The molecule has 0 aliphatic heterocycles. The Bertz CT molecular complexity index is 368. The summed E-state index contributed by atoms with van der Waals surface area (Å²) < 4.78 is 50.0. The quantitative estimate of drug-likeness (QED) is 0.724. The van der Waals surface area contributed by atoms with Gasteiger partial charge < -0.3 is 5.11 Å². The van der Waals surface area contributed by atoms with Gasteiger partial charge >= 0.3 is 6.18 Å². The van der Waals surface area contributed by atoms with Crippen LogP contribution in [-0.4, -0.2) is 11.3 Å². The Morgan fingerprint density at radius 2 is 1.73 bits per heavy atom. The Morgan fingerprint density at radius 3 is 2.13 bits per heavy atom.